The number of piperidine rings is 1. The number of anilines is 1. The predicted octanol–water partition coefficient (Wildman–Crippen LogP) is 2.42. The summed E-state index contributed by atoms with van der Waals surface area (Å²) in [4.78, 5) is 34.7. The van der Waals surface area contributed by atoms with E-state index in [-0.39, 0.29) is 17.0 Å². The molecule has 1 atom stereocenters. The van der Waals surface area contributed by atoms with Gasteiger partial charge >= 0.3 is 0 Å². The number of piperazine rings is 1. The molecule has 1 N–H and O–H groups in total. The number of aromatic nitrogens is 1. The largest absolute Gasteiger partial charge is 0.369 e. The standard InChI is InChI=1S/C23H30N4O2/c1-17-6-3-4-8-21(17)26-14-12-25(13-15-26)19-7-5-11-27(16-19)23(29)20-10-9-18(2)24-22(20)28/h3-4,6,8-10,19H,5,7,11-16H2,1-2H3,(H,24,28)/t19-/m0/s1. The maximum absolute atomic E-state index is 12.9. The number of pyridine rings is 1. The molecule has 0 unspecified atom stereocenters. The Morgan fingerprint density at radius 1 is 1.00 bits per heavy atom. The minimum Gasteiger partial charge on any atom is -0.369 e. The summed E-state index contributed by atoms with van der Waals surface area (Å²) in [7, 11) is 0. The number of carbonyl (C=O) groups excluding carboxylic acids is 1. The second-order valence-corrected chi connectivity index (χ2v) is 8.24. The molecule has 2 aliphatic rings. The summed E-state index contributed by atoms with van der Waals surface area (Å²) in [5.41, 5.74) is 3.38. The zero-order chi connectivity index (χ0) is 20.4. The Morgan fingerprint density at radius 2 is 1.76 bits per heavy atom. The molecule has 154 valence electrons. The van der Waals surface area contributed by atoms with Gasteiger partial charge in [-0.2, -0.15) is 0 Å². The van der Waals surface area contributed by atoms with Crippen LogP contribution < -0.4 is 10.5 Å². The molecule has 3 heterocycles. The van der Waals surface area contributed by atoms with Gasteiger partial charge < -0.3 is 14.8 Å². The van der Waals surface area contributed by atoms with Gasteiger partial charge in [0.2, 0.25) is 0 Å². The number of hydrogen-bond donors (Lipinski definition) is 1. The first-order valence-corrected chi connectivity index (χ1v) is 10.6. The topological polar surface area (TPSA) is 59.7 Å². The number of likely N-dealkylation sites (tertiary alicyclic amines) is 1. The van der Waals surface area contributed by atoms with Crippen LogP contribution in [0.25, 0.3) is 0 Å². The molecule has 0 bridgehead atoms. The number of nitrogens with one attached hydrogen (secondary N) is 1. The first kappa shape index (κ1) is 19.7. The SMILES string of the molecule is Cc1ccc(C(=O)N2CCC[C@H](N3CCN(c4ccccc4C)CC3)C2)c(=O)[nH]1. The minimum absolute atomic E-state index is 0.144. The number of aryl methyl sites for hydroxylation is 2. The normalized spacial score (nSPS) is 20.7. The van der Waals surface area contributed by atoms with E-state index in [4.69, 9.17) is 0 Å². The lowest BCUT2D eigenvalue weighted by Gasteiger charge is -2.44. The molecule has 1 aromatic carbocycles. The van der Waals surface area contributed by atoms with E-state index in [9.17, 15) is 9.59 Å². The zero-order valence-corrected chi connectivity index (χ0v) is 17.4. The lowest BCUT2D eigenvalue weighted by molar-refractivity contribution is 0.0562. The molecule has 2 fully saturated rings. The third-order valence-electron chi connectivity index (χ3n) is 6.26. The van der Waals surface area contributed by atoms with Crippen LogP contribution in [-0.2, 0) is 0 Å². The van der Waals surface area contributed by atoms with Gasteiger partial charge in [-0.1, -0.05) is 18.2 Å². The van der Waals surface area contributed by atoms with E-state index in [1.165, 1.54) is 11.3 Å². The highest BCUT2D eigenvalue weighted by atomic mass is 16.2. The molecular formula is C23H30N4O2. The molecule has 4 rings (SSSR count). The number of para-hydroxylation sites is 1. The minimum atomic E-state index is -0.288. The van der Waals surface area contributed by atoms with Crippen molar-refractivity contribution in [2.45, 2.75) is 32.7 Å². The average molecular weight is 395 g/mol. The van der Waals surface area contributed by atoms with Crippen molar-refractivity contribution in [2.75, 3.05) is 44.2 Å². The third kappa shape index (κ3) is 4.22. The van der Waals surface area contributed by atoms with Crippen LogP contribution in [-0.4, -0.2) is 66.0 Å². The Hall–Kier alpha value is -2.60. The lowest BCUT2D eigenvalue weighted by Crippen LogP contribution is -2.56. The van der Waals surface area contributed by atoms with Gasteiger partial charge in [0.25, 0.3) is 11.5 Å². The number of rotatable bonds is 3. The number of H-pyrrole nitrogens is 1. The van der Waals surface area contributed by atoms with E-state index in [1.54, 1.807) is 12.1 Å². The fourth-order valence-corrected chi connectivity index (χ4v) is 4.59. The highest BCUT2D eigenvalue weighted by molar-refractivity contribution is 5.93. The van der Waals surface area contributed by atoms with Crippen LogP contribution in [0.2, 0.25) is 0 Å². The highest BCUT2D eigenvalue weighted by Crippen LogP contribution is 2.23. The highest BCUT2D eigenvalue weighted by Gasteiger charge is 2.31. The van der Waals surface area contributed by atoms with Gasteiger partial charge in [0.1, 0.15) is 5.56 Å². The average Bonchev–Trinajstić information content (AvgIpc) is 2.74. The van der Waals surface area contributed by atoms with Crippen molar-refractivity contribution in [3.8, 4) is 0 Å². The van der Waals surface area contributed by atoms with Gasteiger partial charge in [-0.3, -0.25) is 14.5 Å². The fraction of sp³-hybridized carbons (Fsp3) is 0.478. The monoisotopic (exact) mass is 394 g/mol. The van der Waals surface area contributed by atoms with Crippen LogP contribution in [0, 0.1) is 13.8 Å². The summed E-state index contributed by atoms with van der Waals surface area (Å²) in [5.74, 6) is -0.144. The Bertz CT molecular complexity index is 930. The number of nitrogens with zero attached hydrogens (tertiary/aromatic N) is 3. The molecule has 1 amide bonds. The molecule has 0 aliphatic carbocycles. The Kier molecular flexibility index (Phi) is 5.72. The van der Waals surface area contributed by atoms with Crippen molar-refractivity contribution in [1.29, 1.82) is 0 Å². The number of aromatic amines is 1. The lowest BCUT2D eigenvalue weighted by atomic mass is 10.0. The summed E-state index contributed by atoms with van der Waals surface area (Å²) in [6.45, 7) is 9.45. The summed E-state index contributed by atoms with van der Waals surface area (Å²) in [6.07, 6.45) is 2.09. The third-order valence-corrected chi connectivity index (χ3v) is 6.26. The summed E-state index contributed by atoms with van der Waals surface area (Å²) < 4.78 is 0. The van der Waals surface area contributed by atoms with Crippen molar-refractivity contribution in [2.24, 2.45) is 0 Å². The fourth-order valence-electron chi connectivity index (χ4n) is 4.59. The molecule has 6 heteroatoms. The maximum atomic E-state index is 12.9. The van der Waals surface area contributed by atoms with Crippen molar-refractivity contribution in [1.82, 2.24) is 14.8 Å². The van der Waals surface area contributed by atoms with Gasteiger partial charge in [-0.05, 0) is 50.5 Å². The molecule has 6 nitrogen and oxygen atoms in total. The van der Waals surface area contributed by atoms with Crippen molar-refractivity contribution >= 4 is 11.6 Å². The molecule has 2 aromatic rings. The van der Waals surface area contributed by atoms with E-state index in [2.05, 4.69) is 46.0 Å². The van der Waals surface area contributed by atoms with Crippen LogP contribution >= 0.6 is 0 Å². The second kappa shape index (κ2) is 8.41. The van der Waals surface area contributed by atoms with E-state index in [1.807, 2.05) is 11.8 Å². The molecule has 0 saturated carbocycles. The molecule has 29 heavy (non-hydrogen) atoms. The predicted molar refractivity (Wildman–Crippen MR) is 116 cm³/mol. The van der Waals surface area contributed by atoms with E-state index in [0.29, 0.717) is 12.6 Å². The van der Waals surface area contributed by atoms with Crippen LogP contribution in [0.1, 0.15) is 34.5 Å². The van der Waals surface area contributed by atoms with Gasteiger partial charge in [0.15, 0.2) is 0 Å². The van der Waals surface area contributed by atoms with Gasteiger partial charge in [-0.25, -0.2) is 0 Å². The van der Waals surface area contributed by atoms with E-state index in [0.717, 1.165) is 51.3 Å². The summed E-state index contributed by atoms with van der Waals surface area (Å²) in [6, 6.07) is 12.4. The zero-order valence-electron chi connectivity index (χ0n) is 17.4. The summed E-state index contributed by atoms with van der Waals surface area (Å²) in [5, 5.41) is 0. The number of benzene rings is 1. The summed E-state index contributed by atoms with van der Waals surface area (Å²) >= 11 is 0. The van der Waals surface area contributed by atoms with Crippen LogP contribution in [0.15, 0.2) is 41.2 Å². The molecule has 0 radical (unpaired) electrons. The Labute approximate surface area is 172 Å². The number of carbonyl (C=O) groups is 1. The molecule has 1 aromatic heterocycles. The van der Waals surface area contributed by atoms with E-state index >= 15 is 0 Å². The van der Waals surface area contributed by atoms with E-state index < -0.39 is 0 Å². The quantitative estimate of drug-likeness (QED) is 0.869. The smallest absolute Gasteiger partial charge is 0.260 e. The number of amides is 1. The van der Waals surface area contributed by atoms with Crippen molar-refractivity contribution in [3.63, 3.8) is 0 Å². The number of hydrogen-bond acceptors (Lipinski definition) is 4. The maximum Gasteiger partial charge on any atom is 0.260 e. The second-order valence-electron chi connectivity index (χ2n) is 8.24. The molecule has 2 saturated heterocycles. The molecular weight excluding hydrogens is 364 g/mol. The van der Waals surface area contributed by atoms with Crippen molar-refractivity contribution in [3.05, 3.63) is 63.6 Å². The molecule has 0 spiro atoms. The first-order chi connectivity index (χ1) is 14.0. The van der Waals surface area contributed by atoms with Crippen LogP contribution in [0.5, 0.6) is 0 Å². The first-order valence-electron chi connectivity index (χ1n) is 10.6. The Balaban J connectivity index is 1.38. The van der Waals surface area contributed by atoms with Gasteiger partial charge in [-0.15, -0.1) is 0 Å². The Morgan fingerprint density at radius 3 is 2.48 bits per heavy atom. The van der Waals surface area contributed by atoms with Crippen LogP contribution in [0.4, 0.5) is 5.69 Å². The molecule has 2 aliphatic heterocycles. The van der Waals surface area contributed by atoms with Crippen LogP contribution in [0.3, 0.4) is 0 Å². The van der Waals surface area contributed by atoms with Gasteiger partial charge in [0.05, 0.1) is 0 Å². The van der Waals surface area contributed by atoms with Crippen molar-refractivity contribution < 1.29 is 4.79 Å². The van der Waals surface area contributed by atoms with Gasteiger partial charge in [0, 0.05) is 56.7 Å².